The van der Waals surface area contributed by atoms with Crippen LogP contribution in [0.1, 0.15) is 0 Å². The maximum atomic E-state index is 4.22. The van der Waals surface area contributed by atoms with Crippen molar-refractivity contribution < 1.29 is 20.1 Å². The maximum Gasteiger partial charge on any atom is 3.00 e. The van der Waals surface area contributed by atoms with Gasteiger partial charge in [0.1, 0.15) is 0 Å². The number of para-hydroxylation sites is 1. The fraction of sp³-hybridized carbons (Fsp3) is 0.0667. The zero-order chi connectivity index (χ0) is 23.1. The van der Waals surface area contributed by atoms with Crippen LogP contribution >= 0.6 is 0 Å². The molecule has 0 saturated heterocycles. The summed E-state index contributed by atoms with van der Waals surface area (Å²) in [5, 5.41) is 2.48. The van der Waals surface area contributed by atoms with Crippen molar-refractivity contribution in [2.45, 2.75) is 0 Å². The molecule has 4 nitrogen and oxygen atoms in total. The zero-order valence-corrected chi connectivity index (χ0v) is 21.8. The number of hydrogen-bond donors (Lipinski definition) is 0. The molecule has 4 aromatic carbocycles. The van der Waals surface area contributed by atoms with Crippen molar-refractivity contribution >= 4 is 39.2 Å². The Kier molecular flexibility index (Phi) is 6.29. The van der Waals surface area contributed by atoms with Crippen molar-refractivity contribution in [1.82, 2.24) is 4.98 Å². The molecule has 0 spiro atoms. The normalized spacial score (nSPS) is 12.9. The van der Waals surface area contributed by atoms with Gasteiger partial charge in [-0.15, -0.1) is 52.7 Å². The summed E-state index contributed by atoms with van der Waals surface area (Å²) >= 11 is 0. The summed E-state index contributed by atoms with van der Waals surface area (Å²) in [5.41, 5.74) is 8.05. The van der Waals surface area contributed by atoms with E-state index in [1.54, 1.807) is 6.20 Å². The quantitative estimate of drug-likeness (QED) is 0.186. The second-order valence-electron chi connectivity index (χ2n) is 8.36. The number of aromatic nitrogens is 1. The number of pyridine rings is 1. The molecule has 0 radical (unpaired) electrons. The van der Waals surface area contributed by atoms with Crippen molar-refractivity contribution in [1.29, 1.82) is 0 Å². The third kappa shape index (κ3) is 3.97. The third-order valence-electron chi connectivity index (χ3n) is 6.30. The fourth-order valence-corrected chi connectivity index (χ4v) is 4.68. The Morgan fingerprint density at radius 2 is 1.57 bits per heavy atom. The molecule has 2 aliphatic heterocycles. The molecule has 0 bridgehead atoms. The Bertz CT molecular complexity index is 1430. The van der Waals surface area contributed by atoms with Crippen molar-refractivity contribution in [3.8, 4) is 11.3 Å². The first kappa shape index (κ1) is 23.1. The van der Waals surface area contributed by atoms with Gasteiger partial charge in [0.15, 0.2) is 0 Å². The van der Waals surface area contributed by atoms with Gasteiger partial charge >= 0.3 is 20.1 Å². The van der Waals surface area contributed by atoms with Crippen LogP contribution in [-0.4, -0.2) is 19.1 Å². The Morgan fingerprint density at radius 3 is 2.37 bits per heavy atom. The molecule has 0 atom stereocenters. The monoisotopic (exact) mass is 632 g/mol. The van der Waals surface area contributed by atoms with E-state index in [-0.39, 0.29) is 20.1 Å². The van der Waals surface area contributed by atoms with Gasteiger partial charge in [-0.05, 0) is 43.7 Å². The molecular formula is C30H23IrN4. The smallest absolute Gasteiger partial charge is 0.504 e. The number of rotatable bonds is 1. The summed E-state index contributed by atoms with van der Waals surface area (Å²) in [6, 6.07) is 37.4. The van der Waals surface area contributed by atoms with E-state index in [1.165, 1.54) is 33.5 Å². The predicted molar refractivity (Wildman–Crippen MR) is 141 cm³/mol. The van der Waals surface area contributed by atoms with Crippen LogP contribution in [-0.2, 0) is 20.1 Å². The van der Waals surface area contributed by atoms with E-state index in [9.17, 15) is 0 Å². The Hall–Kier alpha value is -3.66. The number of nitrogens with zero attached hydrogens (tertiary/aromatic N) is 4. The molecule has 0 unspecified atom stereocenters. The summed E-state index contributed by atoms with van der Waals surface area (Å²) < 4.78 is 0. The fourth-order valence-electron chi connectivity index (χ4n) is 4.68. The van der Waals surface area contributed by atoms with Crippen LogP contribution in [0.4, 0.5) is 28.4 Å². The van der Waals surface area contributed by atoms with E-state index in [0.29, 0.717) is 0 Å². The predicted octanol–water partition coefficient (Wildman–Crippen LogP) is 6.97. The van der Waals surface area contributed by atoms with E-state index in [0.717, 1.165) is 16.9 Å². The van der Waals surface area contributed by atoms with E-state index < -0.39 is 0 Å². The SMILES string of the molecule is CN1[CH-]N2c3[c-]cc4ccccc4c3N(C)c3cccc1c32.[Ir+3].[c-]1ccccc1-c1ccccn1. The van der Waals surface area contributed by atoms with E-state index in [1.807, 2.05) is 42.5 Å². The van der Waals surface area contributed by atoms with Crippen molar-refractivity contribution in [2.24, 2.45) is 0 Å². The van der Waals surface area contributed by atoms with E-state index >= 15 is 0 Å². The summed E-state index contributed by atoms with van der Waals surface area (Å²) in [6.45, 7) is 2.14. The minimum absolute atomic E-state index is 0. The Balaban J connectivity index is 0.000000167. The molecule has 1 aromatic heterocycles. The maximum absolute atomic E-state index is 4.22. The van der Waals surface area contributed by atoms with Crippen molar-refractivity contribution in [2.75, 3.05) is 28.8 Å². The molecular weight excluding hydrogens is 609 g/mol. The van der Waals surface area contributed by atoms with Crippen LogP contribution < -0.4 is 14.7 Å². The Morgan fingerprint density at radius 1 is 0.771 bits per heavy atom. The molecule has 7 rings (SSSR count). The first-order chi connectivity index (χ1) is 16.7. The molecule has 0 aliphatic carbocycles. The first-order valence-corrected chi connectivity index (χ1v) is 11.3. The van der Waals surface area contributed by atoms with Crippen LogP contribution in [0.25, 0.3) is 22.0 Å². The molecule has 0 saturated carbocycles. The largest absolute Gasteiger partial charge is 3.00 e. The summed E-state index contributed by atoms with van der Waals surface area (Å²) in [4.78, 5) is 10.9. The second-order valence-corrected chi connectivity index (χ2v) is 8.36. The van der Waals surface area contributed by atoms with Crippen LogP contribution in [0.2, 0.25) is 0 Å². The molecule has 0 amide bonds. The Labute approximate surface area is 219 Å². The molecule has 0 N–H and O–H groups in total. The molecule has 3 heterocycles. The molecule has 172 valence electrons. The van der Waals surface area contributed by atoms with Gasteiger partial charge in [-0.2, -0.15) is 18.8 Å². The summed E-state index contributed by atoms with van der Waals surface area (Å²) in [5.74, 6) is 0. The molecule has 5 aromatic rings. The van der Waals surface area contributed by atoms with Gasteiger partial charge in [-0.1, -0.05) is 42.1 Å². The van der Waals surface area contributed by atoms with Crippen molar-refractivity contribution in [3.05, 3.63) is 116 Å². The van der Waals surface area contributed by atoms with E-state index in [2.05, 4.69) is 101 Å². The van der Waals surface area contributed by atoms with Gasteiger partial charge in [0.05, 0.1) is 11.4 Å². The van der Waals surface area contributed by atoms with E-state index in [4.69, 9.17) is 0 Å². The first-order valence-electron chi connectivity index (χ1n) is 11.3. The molecule has 2 aliphatic rings. The van der Waals surface area contributed by atoms with Crippen molar-refractivity contribution in [3.63, 3.8) is 0 Å². The average Bonchev–Trinajstić information content (AvgIpc) is 3.25. The zero-order valence-electron chi connectivity index (χ0n) is 19.4. The number of anilines is 5. The molecule has 0 fully saturated rings. The topological polar surface area (TPSA) is 22.6 Å². The molecule has 35 heavy (non-hydrogen) atoms. The standard InChI is InChI=1S/C19H15N3.C11H8N.Ir/c1-20-12-22-17-11-10-13-6-3-4-7-14(13)18(17)21(2)16-9-5-8-15(20)19(16)22;1-2-6-10(7-3-1)11-8-4-5-9-12-11;/h3-10,12H,1-2H3;1-6,8-9H;/q-2;-1;+3. The van der Waals surface area contributed by atoms with Gasteiger partial charge in [0.25, 0.3) is 0 Å². The van der Waals surface area contributed by atoms with Crippen LogP contribution in [0.15, 0.2) is 97.2 Å². The van der Waals surface area contributed by atoms with Gasteiger partial charge < -0.3 is 19.7 Å². The van der Waals surface area contributed by atoms with Gasteiger partial charge in [0, 0.05) is 11.9 Å². The summed E-state index contributed by atoms with van der Waals surface area (Å²) in [6.07, 6.45) is 1.79. The average molecular weight is 632 g/mol. The van der Waals surface area contributed by atoms with Gasteiger partial charge in [0.2, 0.25) is 0 Å². The van der Waals surface area contributed by atoms with Crippen LogP contribution in [0.5, 0.6) is 0 Å². The second kappa shape index (κ2) is 9.53. The molecule has 5 heteroatoms. The third-order valence-corrected chi connectivity index (χ3v) is 6.30. The number of benzene rings is 4. The number of fused-ring (bicyclic) bond motifs is 4. The minimum Gasteiger partial charge on any atom is -0.504 e. The van der Waals surface area contributed by atoms with Crippen LogP contribution in [0.3, 0.4) is 0 Å². The minimum atomic E-state index is 0. The summed E-state index contributed by atoms with van der Waals surface area (Å²) in [7, 11) is 4.24. The van der Waals surface area contributed by atoms with Crippen LogP contribution in [0, 0.1) is 18.8 Å². The number of hydrogen-bond acceptors (Lipinski definition) is 4. The van der Waals surface area contributed by atoms with Gasteiger partial charge in [-0.3, -0.25) is 0 Å². The van der Waals surface area contributed by atoms with Gasteiger partial charge in [-0.25, -0.2) is 0 Å².